The summed E-state index contributed by atoms with van der Waals surface area (Å²) in [7, 11) is 0. The first kappa shape index (κ1) is 13.2. The van der Waals surface area contributed by atoms with Gasteiger partial charge >= 0.3 is 0 Å². The Kier molecular flexibility index (Phi) is 3.97. The van der Waals surface area contributed by atoms with Gasteiger partial charge in [-0.25, -0.2) is 0 Å². The van der Waals surface area contributed by atoms with Gasteiger partial charge in [-0.3, -0.25) is 4.90 Å². The van der Waals surface area contributed by atoms with Crippen LogP contribution in [0.15, 0.2) is 20.3 Å². The van der Waals surface area contributed by atoms with Crippen molar-refractivity contribution in [2.24, 2.45) is 0 Å². The molecule has 1 saturated heterocycles. The molecule has 0 bridgehead atoms. The lowest BCUT2D eigenvalue weighted by Gasteiger charge is -2.20. The fraction of sp³-hybridized carbons (Fsp3) is 0.500. The summed E-state index contributed by atoms with van der Waals surface area (Å²) in [4.78, 5) is 3.16. The molecule has 0 spiro atoms. The van der Waals surface area contributed by atoms with Crippen molar-refractivity contribution in [3.8, 4) is 10.8 Å². The Labute approximate surface area is 123 Å². The monoisotopic (exact) mass is 343 g/mol. The molecule has 5 nitrogen and oxygen atoms in total. The van der Waals surface area contributed by atoms with Gasteiger partial charge in [0, 0.05) is 6.04 Å². The van der Waals surface area contributed by atoms with Gasteiger partial charge in [0.05, 0.1) is 21.8 Å². The second-order valence-corrected chi connectivity index (χ2v) is 7.02. The Morgan fingerprint density at radius 2 is 2.37 bits per heavy atom. The number of rotatable bonds is 4. The smallest absolute Gasteiger partial charge is 0.257 e. The molecule has 1 fully saturated rings. The van der Waals surface area contributed by atoms with Crippen LogP contribution in [0.5, 0.6) is 0 Å². The molecule has 1 aliphatic heterocycles. The van der Waals surface area contributed by atoms with Gasteiger partial charge in [0.25, 0.3) is 5.89 Å². The summed E-state index contributed by atoms with van der Waals surface area (Å²) in [6, 6.07) is 4.15. The van der Waals surface area contributed by atoms with E-state index in [0.29, 0.717) is 18.3 Å². The molecule has 0 aliphatic carbocycles. The molecule has 3 heterocycles. The highest BCUT2D eigenvalue weighted by atomic mass is 79.9. The lowest BCUT2D eigenvalue weighted by molar-refractivity contribution is 0.144. The van der Waals surface area contributed by atoms with Gasteiger partial charge in [0.1, 0.15) is 0 Å². The van der Waals surface area contributed by atoms with E-state index in [0.717, 1.165) is 28.0 Å². The van der Waals surface area contributed by atoms with E-state index < -0.39 is 0 Å². The van der Waals surface area contributed by atoms with E-state index in [1.54, 1.807) is 11.3 Å². The highest BCUT2D eigenvalue weighted by Crippen LogP contribution is 2.30. The van der Waals surface area contributed by atoms with Crippen LogP contribution >= 0.6 is 27.3 Å². The SMILES string of the molecule is OCC1CCCN1Cc1nnc(-c2ccc(Br)s2)o1. The molecule has 7 heteroatoms. The molecule has 1 aliphatic rings. The third-order valence-corrected chi connectivity index (χ3v) is 4.91. The molecule has 3 rings (SSSR count). The number of aliphatic hydroxyl groups is 1. The molecule has 0 aromatic carbocycles. The number of aliphatic hydroxyl groups excluding tert-OH is 1. The van der Waals surface area contributed by atoms with E-state index in [1.165, 1.54) is 0 Å². The first-order chi connectivity index (χ1) is 9.26. The zero-order valence-corrected chi connectivity index (χ0v) is 12.7. The van der Waals surface area contributed by atoms with Crippen LogP contribution in [0.3, 0.4) is 0 Å². The molecular weight excluding hydrogens is 330 g/mol. The second kappa shape index (κ2) is 5.70. The average molecular weight is 344 g/mol. The van der Waals surface area contributed by atoms with Gasteiger partial charge in [-0.05, 0) is 47.4 Å². The lowest BCUT2D eigenvalue weighted by Crippen LogP contribution is -2.31. The fourth-order valence-corrected chi connectivity index (χ4v) is 3.64. The largest absolute Gasteiger partial charge is 0.419 e. The minimum absolute atomic E-state index is 0.193. The predicted molar refractivity (Wildman–Crippen MR) is 75.8 cm³/mol. The van der Waals surface area contributed by atoms with Crippen molar-refractivity contribution in [1.29, 1.82) is 0 Å². The Bertz CT molecular complexity index is 557. The van der Waals surface area contributed by atoms with E-state index in [4.69, 9.17) is 4.42 Å². The Balaban J connectivity index is 1.71. The summed E-state index contributed by atoms with van der Waals surface area (Å²) in [6.07, 6.45) is 2.15. The zero-order chi connectivity index (χ0) is 13.2. The van der Waals surface area contributed by atoms with E-state index in [-0.39, 0.29) is 12.6 Å². The first-order valence-corrected chi connectivity index (χ1v) is 7.80. The van der Waals surface area contributed by atoms with Gasteiger partial charge < -0.3 is 9.52 Å². The number of hydrogen-bond acceptors (Lipinski definition) is 6. The number of aromatic nitrogens is 2. The van der Waals surface area contributed by atoms with Crippen molar-refractivity contribution in [1.82, 2.24) is 15.1 Å². The topological polar surface area (TPSA) is 62.4 Å². The number of thiophene rings is 1. The Morgan fingerprint density at radius 1 is 1.47 bits per heavy atom. The van der Waals surface area contributed by atoms with E-state index >= 15 is 0 Å². The van der Waals surface area contributed by atoms with Gasteiger partial charge in [0.15, 0.2) is 0 Å². The molecule has 1 N–H and O–H groups in total. The van der Waals surface area contributed by atoms with E-state index in [1.807, 2.05) is 12.1 Å². The van der Waals surface area contributed by atoms with Crippen molar-refractivity contribution in [2.75, 3.05) is 13.2 Å². The van der Waals surface area contributed by atoms with Gasteiger partial charge in [-0.15, -0.1) is 21.5 Å². The summed E-state index contributed by atoms with van der Waals surface area (Å²) in [5.74, 6) is 1.17. The summed E-state index contributed by atoms with van der Waals surface area (Å²) in [6.45, 7) is 1.79. The fourth-order valence-electron chi connectivity index (χ4n) is 2.33. The number of halogens is 1. The van der Waals surface area contributed by atoms with Crippen LogP contribution in [-0.4, -0.2) is 39.4 Å². The van der Waals surface area contributed by atoms with E-state index in [2.05, 4.69) is 31.0 Å². The van der Waals surface area contributed by atoms with Crippen molar-refractivity contribution >= 4 is 27.3 Å². The Hall–Kier alpha value is -0.760. The van der Waals surface area contributed by atoms with Crippen LogP contribution in [0, 0.1) is 0 Å². The minimum Gasteiger partial charge on any atom is -0.419 e. The van der Waals surface area contributed by atoms with Crippen LogP contribution in [-0.2, 0) is 6.54 Å². The molecule has 1 unspecified atom stereocenters. The summed E-state index contributed by atoms with van der Waals surface area (Å²) < 4.78 is 6.73. The summed E-state index contributed by atoms with van der Waals surface area (Å²) in [5.41, 5.74) is 0. The molecule has 19 heavy (non-hydrogen) atoms. The maximum Gasteiger partial charge on any atom is 0.257 e. The third kappa shape index (κ3) is 2.89. The minimum atomic E-state index is 0.193. The maximum absolute atomic E-state index is 9.29. The Morgan fingerprint density at radius 3 is 3.11 bits per heavy atom. The highest BCUT2D eigenvalue weighted by Gasteiger charge is 2.25. The molecule has 2 aromatic heterocycles. The number of nitrogens with zero attached hydrogens (tertiary/aromatic N) is 3. The number of likely N-dealkylation sites (tertiary alicyclic amines) is 1. The normalized spacial score (nSPS) is 20.2. The van der Waals surface area contributed by atoms with Gasteiger partial charge in [0.2, 0.25) is 5.89 Å². The molecule has 2 aromatic rings. The third-order valence-electron chi connectivity index (χ3n) is 3.30. The summed E-state index contributed by atoms with van der Waals surface area (Å²) in [5, 5.41) is 17.5. The van der Waals surface area contributed by atoms with Crippen LogP contribution in [0.25, 0.3) is 10.8 Å². The van der Waals surface area contributed by atoms with Crippen molar-refractivity contribution in [2.45, 2.75) is 25.4 Å². The average Bonchev–Trinajstić information content (AvgIpc) is 3.10. The van der Waals surface area contributed by atoms with Crippen molar-refractivity contribution < 1.29 is 9.52 Å². The summed E-state index contributed by atoms with van der Waals surface area (Å²) >= 11 is 4.99. The quantitative estimate of drug-likeness (QED) is 0.924. The maximum atomic E-state index is 9.29. The standard InChI is InChI=1S/C12H14BrN3O2S/c13-10-4-3-9(19-10)12-15-14-11(18-12)6-16-5-1-2-8(16)7-17/h3-4,8,17H,1-2,5-7H2. The van der Waals surface area contributed by atoms with Crippen LogP contribution < -0.4 is 0 Å². The zero-order valence-electron chi connectivity index (χ0n) is 10.3. The first-order valence-electron chi connectivity index (χ1n) is 6.19. The van der Waals surface area contributed by atoms with Gasteiger partial charge in [-0.2, -0.15) is 0 Å². The van der Waals surface area contributed by atoms with Crippen molar-refractivity contribution in [3.63, 3.8) is 0 Å². The van der Waals surface area contributed by atoms with Crippen LogP contribution in [0.4, 0.5) is 0 Å². The van der Waals surface area contributed by atoms with E-state index in [9.17, 15) is 5.11 Å². The highest BCUT2D eigenvalue weighted by molar-refractivity contribution is 9.11. The van der Waals surface area contributed by atoms with Gasteiger partial charge in [-0.1, -0.05) is 0 Å². The molecule has 102 valence electrons. The van der Waals surface area contributed by atoms with Crippen LogP contribution in [0.2, 0.25) is 0 Å². The van der Waals surface area contributed by atoms with Crippen LogP contribution in [0.1, 0.15) is 18.7 Å². The molecular formula is C12H14BrN3O2S. The van der Waals surface area contributed by atoms with Crippen molar-refractivity contribution in [3.05, 3.63) is 21.8 Å². The molecule has 0 radical (unpaired) electrons. The molecule has 1 atom stereocenters. The second-order valence-electron chi connectivity index (χ2n) is 4.55. The predicted octanol–water partition coefficient (Wildman–Crippen LogP) is 2.52. The number of hydrogen-bond donors (Lipinski definition) is 1. The lowest BCUT2D eigenvalue weighted by atomic mass is 10.2. The molecule has 0 saturated carbocycles. The molecule has 0 amide bonds.